The maximum Gasteiger partial charge on any atom is 0.344 e. The van der Waals surface area contributed by atoms with E-state index >= 15 is 0 Å². The van der Waals surface area contributed by atoms with E-state index in [-0.39, 0.29) is 20.8 Å². The Morgan fingerprint density at radius 3 is 1.54 bits per heavy atom. The molecule has 0 aliphatic carbocycles. The van der Waals surface area contributed by atoms with Crippen LogP contribution >= 0.6 is 31.9 Å². The first-order valence-electron chi connectivity index (χ1n) is 10.6. The minimum absolute atomic E-state index is 0.0507. The van der Waals surface area contributed by atoms with Crippen LogP contribution in [0.25, 0.3) is 21.7 Å². The summed E-state index contributed by atoms with van der Waals surface area (Å²) in [6.07, 6.45) is 0. The summed E-state index contributed by atoms with van der Waals surface area (Å²) in [5.74, 6) is 0. The Morgan fingerprint density at radius 1 is 0.568 bits per heavy atom. The van der Waals surface area contributed by atoms with E-state index in [0.29, 0.717) is 22.1 Å². The molecule has 1 heterocycles. The molecule has 0 aliphatic heterocycles. The second kappa shape index (κ2) is 9.60. The molecule has 0 saturated heterocycles. The van der Waals surface area contributed by atoms with Gasteiger partial charge in [0.2, 0.25) is 0 Å². The standard InChI is InChI=1S/C25H16Br2N2O6S2/c26-15-1-5-17(6-2-15)28-36(31,32)19-9-11-21-22-12-10-20(14-24(22)35-25(30)23(21)13-19)37(33,34)29-18-7-3-16(27)4-8-18/h1-14,28-29H. The molecule has 37 heavy (non-hydrogen) atoms. The van der Waals surface area contributed by atoms with Crippen molar-refractivity contribution in [3.05, 3.63) is 104 Å². The molecule has 0 aliphatic rings. The van der Waals surface area contributed by atoms with Gasteiger partial charge in [0.25, 0.3) is 20.0 Å². The lowest BCUT2D eigenvalue weighted by Gasteiger charge is -2.11. The van der Waals surface area contributed by atoms with Crippen LogP contribution in [0.5, 0.6) is 0 Å². The lowest BCUT2D eigenvalue weighted by atomic mass is 10.1. The van der Waals surface area contributed by atoms with Gasteiger partial charge >= 0.3 is 5.63 Å². The average molecular weight is 664 g/mol. The smallest absolute Gasteiger partial charge is 0.344 e. The molecule has 8 nitrogen and oxygen atoms in total. The van der Waals surface area contributed by atoms with E-state index in [0.717, 1.165) is 8.95 Å². The third-order valence-electron chi connectivity index (χ3n) is 5.47. The molecule has 5 aromatic rings. The van der Waals surface area contributed by atoms with Gasteiger partial charge in [0.1, 0.15) is 5.58 Å². The number of nitrogens with one attached hydrogen (secondary N) is 2. The van der Waals surface area contributed by atoms with E-state index in [9.17, 15) is 21.6 Å². The summed E-state index contributed by atoms with van der Waals surface area (Å²) in [4.78, 5) is 12.6. The number of hydrogen-bond donors (Lipinski definition) is 2. The maximum absolute atomic E-state index is 12.9. The number of rotatable bonds is 6. The molecular formula is C25H16Br2N2O6S2. The fourth-order valence-electron chi connectivity index (χ4n) is 3.69. The highest BCUT2D eigenvalue weighted by atomic mass is 79.9. The summed E-state index contributed by atoms with van der Waals surface area (Å²) in [5.41, 5.74) is -0.00791. The fourth-order valence-corrected chi connectivity index (χ4v) is 6.38. The normalized spacial score (nSPS) is 12.1. The summed E-state index contributed by atoms with van der Waals surface area (Å²) < 4.78 is 63.5. The van der Waals surface area contributed by atoms with E-state index in [1.165, 1.54) is 36.4 Å². The van der Waals surface area contributed by atoms with E-state index < -0.39 is 25.7 Å². The van der Waals surface area contributed by atoms with Crippen molar-refractivity contribution in [3.8, 4) is 0 Å². The molecule has 0 radical (unpaired) electrons. The second-order valence-electron chi connectivity index (χ2n) is 7.98. The summed E-state index contributed by atoms with van der Waals surface area (Å²) in [6.45, 7) is 0. The third kappa shape index (κ3) is 5.28. The van der Waals surface area contributed by atoms with Crippen molar-refractivity contribution in [2.75, 3.05) is 9.44 Å². The molecule has 0 fully saturated rings. The largest absolute Gasteiger partial charge is 0.422 e. The Balaban J connectivity index is 1.52. The van der Waals surface area contributed by atoms with Gasteiger partial charge in [-0.3, -0.25) is 9.44 Å². The summed E-state index contributed by atoms with van der Waals surface area (Å²) in [7, 11) is -7.94. The van der Waals surface area contributed by atoms with Crippen LogP contribution in [0.4, 0.5) is 11.4 Å². The van der Waals surface area contributed by atoms with Crippen LogP contribution in [-0.2, 0) is 20.0 Å². The molecule has 2 N–H and O–H groups in total. The van der Waals surface area contributed by atoms with Crippen molar-refractivity contribution in [2.24, 2.45) is 0 Å². The van der Waals surface area contributed by atoms with Gasteiger partial charge in [-0.25, -0.2) is 21.6 Å². The van der Waals surface area contributed by atoms with Crippen LogP contribution in [0.15, 0.2) is 113 Å². The van der Waals surface area contributed by atoms with E-state index in [2.05, 4.69) is 41.3 Å². The quantitative estimate of drug-likeness (QED) is 0.168. The Hall–Kier alpha value is -3.19. The highest BCUT2D eigenvalue weighted by Gasteiger charge is 2.20. The first kappa shape index (κ1) is 25.5. The lowest BCUT2D eigenvalue weighted by Crippen LogP contribution is -2.14. The van der Waals surface area contributed by atoms with Gasteiger partial charge in [-0.1, -0.05) is 37.9 Å². The summed E-state index contributed by atoms with van der Waals surface area (Å²) in [6, 6.07) is 21.5. The molecule has 188 valence electrons. The van der Waals surface area contributed by atoms with Crippen LogP contribution in [0.2, 0.25) is 0 Å². The highest BCUT2D eigenvalue weighted by molar-refractivity contribution is 9.10. The molecule has 1 aromatic heterocycles. The zero-order valence-corrected chi connectivity index (χ0v) is 23.4. The predicted molar refractivity (Wildman–Crippen MR) is 150 cm³/mol. The minimum atomic E-state index is -3.98. The average Bonchev–Trinajstić information content (AvgIpc) is 2.86. The molecule has 5 rings (SSSR count). The molecular weight excluding hydrogens is 648 g/mol. The number of halogens is 2. The lowest BCUT2D eigenvalue weighted by molar-refractivity contribution is 0.567. The molecule has 4 aromatic carbocycles. The van der Waals surface area contributed by atoms with Crippen molar-refractivity contribution < 1.29 is 21.3 Å². The van der Waals surface area contributed by atoms with Crippen molar-refractivity contribution in [3.63, 3.8) is 0 Å². The van der Waals surface area contributed by atoms with E-state index in [1.807, 2.05) is 0 Å². The molecule has 0 atom stereocenters. The molecule has 0 saturated carbocycles. The van der Waals surface area contributed by atoms with Crippen molar-refractivity contribution >= 4 is 85.0 Å². The van der Waals surface area contributed by atoms with Gasteiger partial charge in [-0.15, -0.1) is 0 Å². The van der Waals surface area contributed by atoms with Crippen LogP contribution in [0.3, 0.4) is 0 Å². The Morgan fingerprint density at radius 2 is 1.03 bits per heavy atom. The van der Waals surface area contributed by atoms with Gasteiger partial charge in [0, 0.05) is 37.2 Å². The van der Waals surface area contributed by atoms with Crippen LogP contribution in [0.1, 0.15) is 0 Å². The zero-order chi connectivity index (χ0) is 26.4. The fraction of sp³-hybridized carbons (Fsp3) is 0. The SMILES string of the molecule is O=c1oc2cc(S(=O)(=O)Nc3ccc(Br)cc3)ccc2c2ccc(S(=O)(=O)Nc3ccc(Br)cc3)cc12. The molecule has 12 heteroatoms. The van der Waals surface area contributed by atoms with Gasteiger partial charge in [0.05, 0.1) is 15.2 Å². The Kier molecular flexibility index (Phi) is 6.61. The Bertz CT molecular complexity index is 1940. The molecule has 0 amide bonds. The molecule has 0 bridgehead atoms. The number of sulfonamides is 2. The van der Waals surface area contributed by atoms with E-state index in [4.69, 9.17) is 4.42 Å². The summed E-state index contributed by atoms with van der Waals surface area (Å²) in [5, 5.41) is 0.940. The summed E-state index contributed by atoms with van der Waals surface area (Å²) >= 11 is 6.59. The monoisotopic (exact) mass is 662 g/mol. The first-order chi connectivity index (χ1) is 17.5. The van der Waals surface area contributed by atoms with Gasteiger partial charge in [-0.05, 0) is 72.8 Å². The van der Waals surface area contributed by atoms with E-state index in [1.54, 1.807) is 48.5 Å². The molecule has 0 spiro atoms. The van der Waals surface area contributed by atoms with Crippen molar-refractivity contribution in [1.82, 2.24) is 0 Å². The maximum atomic E-state index is 12.9. The zero-order valence-electron chi connectivity index (χ0n) is 18.6. The van der Waals surface area contributed by atoms with Gasteiger partial charge in [-0.2, -0.15) is 0 Å². The second-order valence-corrected chi connectivity index (χ2v) is 13.2. The molecule has 0 unspecified atom stereocenters. The van der Waals surface area contributed by atoms with Gasteiger partial charge < -0.3 is 4.42 Å². The minimum Gasteiger partial charge on any atom is -0.422 e. The van der Waals surface area contributed by atoms with Crippen molar-refractivity contribution in [2.45, 2.75) is 9.79 Å². The highest BCUT2D eigenvalue weighted by Crippen LogP contribution is 2.29. The number of benzene rings is 4. The van der Waals surface area contributed by atoms with Crippen molar-refractivity contribution in [1.29, 1.82) is 0 Å². The number of hydrogen-bond acceptors (Lipinski definition) is 6. The Labute approximate surface area is 228 Å². The van der Waals surface area contributed by atoms with Crippen LogP contribution in [-0.4, -0.2) is 16.8 Å². The first-order valence-corrected chi connectivity index (χ1v) is 15.1. The number of fused-ring (bicyclic) bond motifs is 3. The topological polar surface area (TPSA) is 123 Å². The number of anilines is 2. The van der Waals surface area contributed by atoms with Crippen LogP contribution in [0, 0.1) is 0 Å². The third-order valence-corrected chi connectivity index (χ3v) is 9.29. The predicted octanol–water partition coefficient (Wildman–Crippen LogP) is 6.07. The van der Waals surface area contributed by atoms with Gasteiger partial charge in [0.15, 0.2) is 0 Å². The van der Waals surface area contributed by atoms with Crippen LogP contribution < -0.4 is 15.1 Å².